The number of amides is 2. The molecule has 0 aliphatic heterocycles. The summed E-state index contributed by atoms with van der Waals surface area (Å²) in [5, 5.41) is 4.96. The van der Waals surface area contributed by atoms with E-state index in [1.165, 1.54) is 11.3 Å². The molecule has 1 aliphatic carbocycles. The summed E-state index contributed by atoms with van der Waals surface area (Å²) in [5.41, 5.74) is -0.437. The van der Waals surface area contributed by atoms with E-state index in [-0.39, 0.29) is 11.8 Å². The van der Waals surface area contributed by atoms with Gasteiger partial charge in [0.25, 0.3) is 0 Å². The highest BCUT2D eigenvalue weighted by molar-refractivity contribution is 7.10. The maximum Gasteiger partial charge on any atom is 0.244 e. The first-order chi connectivity index (χ1) is 9.97. The van der Waals surface area contributed by atoms with Crippen molar-refractivity contribution in [3.05, 3.63) is 22.4 Å². The molecule has 0 aromatic carbocycles. The van der Waals surface area contributed by atoms with E-state index in [9.17, 15) is 9.59 Å². The summed E-state index contributed by atoms with van der Waals surface area (Å²) in [6, 6.07) is 3.57. The Morgan fingerprint density at radius 1 is 1.29 bits per heavy atom. The fourth-order valence-corrected chi connectivity index (χ4v) is 4.06. The lowest BCUT2D eigenvalue weighted by atomic mass is 9.72. The first kappa shape index (κ1) is 16.0. The zero-order valence-corrected chi connectivity index (χ0v) is 13.8. The van der Waals surface area contributed by atoms with E-state index in [0.717, 1.165) is 30.6 Å². The standard InChI is InChI=1S/C16H24N2O2S/c1-12(14(19)18(2)3)17-15(20)16(9-5-4-6-10-16)13-8-7-11-21-13/h7-8,11-12H,4-6,9-10H2,1-3H3,(H,17,20). The summed E-state index contributed by atoms with van der Waals surface area (Å²) in [6.07, 6.45) is 5.08. The summed E-state index contributed by atoms with van der Waals surface area (Å²) in [5.74, 6) is -0.0622. The maximum atomic E-state index is 12.9. The number of thiophene rings is 1. The molecule has 1 fully saturated rings. The number of carbonyl (C=O) groups is 2. The Bertz CT molecular complexity index is 490. The van der Waals surface area contributed by atoms with Crippen molar-refractivity contribution in [3.63, 3.8) is 0 Å². The first-order valence-corrected chi connectivity index (χ1v) is 8.41. The molecule has 1 atom stereocenters. The number of carbonyl (C=O) groups excluding carboxylic acids is 2. The number of likely N-dealkylation sites (N-methyl/N-ethyl adjacent to an activating group) is 1. The molecule has 4 nitrogen and oxygen atoms in total. The summed E-state index contributed by atoms with van der Waals surface area (Å²) in [7, 11) is 3.42. The minimum absolute atomic E-state index is 0.00681. The SMILES string of the molecule is CC(NC(=O)C1(c2cccs2)CCCCC1)C(=O)N(C)C. The molecule has 5 heteroatoms. The van der Waals surface area contributed by atoms with Crippen LogP contribution >= 0.6 is 11.3 Å². The van der Waals surface area contributed by atoms with E-state index in [1.54, 1.807) is 32.4 Å². The van der Waals surface area contributed by atoms with Gasteiger partial charge in [-0.3, -0.25) is 9.59 Å². The maximum absolute atomic E-state index is 12.9. The van der Waals surface area contributed by atoms with Crippen LogP contribution in [0, 0.1) is 0 Å². The molecule has 1 unspecified atom stereocenters. The van der Waals surface area contributed by atoms with E-state index in [2.05, 4.69) is 5.32 Å². The summed E-state index contributed by atoms with van der Waals surface area (Å²) < 4.78 is 0. The molecule has 1 aliphatic rings. The average Bonchev–Trinajstić information content (AvgIpc) is 3.01. The molecule has 1 aromatic heterocycles. The van der Waals surface area contributed by atoms with E-state index in [0.29, 0.717) is 0 Å². The van der Waals surface area contributed by atoms with Crippen LogP contribution in [0.2, 0.25) is 0 Å². The fourth-order valence-electron chi connectivity index (χ4n) is 3.08. The van der Waals surface area contributed by atoms with E-state index in [4.69, 9.17) is 0 Å². The molecule has 116 valence electrons. The quantitative estimate of drug-likeness (QED) is 0.929. The van der Waals surface area contributed by atoms with Crippen LogP contribution < -0.4 is 5.32 Å². The molecule has 2 rings (SSSR count). The molecule has 0 radical (unpaired) electrons. The monoisotopic (exact) mass is 308 g/mol. The van der Waals surface area contributed by atoms with Gasteiger partial charge in [0.15, 0.2) is 0 Å². The lowest BCUT2D eigenvalue weighted by Crippen LogP contribution is -2.52. The fraction of sp³-hybridized carbons (Fsp3) is 0.625. The second-order valence-electron chi connectivity index (χ2n) is 6.05. The molecule has 2 amide bonds. The van der Waals surface area contributed by atoms with Crippen molar-refractivity contribution in [2.24, 2.45) is 0 Å². The predicted molar refractivity (Wildman–Crippen MR) is 85.4 cm³/mol. The molecule has 1 saturated carbocycles. The van der Waals surface area contributed by atoms with Gasteiger partial charge < -0.3 is 10.2 Å². The molecular formula is C16H24N2O2S. The van der Waals surface area contributed by atoms with Gasteiger partial charge in [0, 0.05) is 19.0 Å². The van der Waals surface area contributed by atoms with Gasteiger partial charge >= 0.3 is 0 Å². The average molecular weight is 308 g/mol. The van der Waals surface area contributed by atoms with E-state index >= 15 is 0 Å². The molecule has 1 aromatic rings. The minimum atomic E-state index is -0.480. The van der Waals surface area contributed by atoms with Crippen molar-refractivity contribution < 1.29 is 9.59 Å². The van der Waals surface area contributed by atoms with Crippen molar-refractivity contribution in [2.75, 3.05) is 14.1 Å². The van der Waals surface area contributed by atoms with Crippen LogP contribution in [0.15, 0.2) is 17.5 Å². The van der Waals surface area contributed by atoms with Gasteiger partial charge in [0.05, 0.1) is 5.41 Å². The van der Waals surface area contributed by atoms with Crippen LogP contribution in [0.25, 0.3) is 0 Å². The van der Waals surface area contributed by atoms with Gasteiger partial charge in [-0.2, -0.15) is 0 Å². The topological polar surface area (TPSA) is 49.4 Å². The molecule has 0 saturated heterocycles. The van der Waals surface area contributed by atoms with Gasteiger partial charge in [-0.25, -0.2) is 0 Å². The third kappa shape index (κ3) is 3.28. The Morgan fingerprint density at radius 2 is 1.95 bits per heavy atom. The van der Waals surface area contributed by atoms with Crippen molar-refractivity contribution >= 4 is 23.2 Å². The zero-order chi connectivity index (χ0) is 15.5. The van der Waals surface area contributed by atoms with Crippen LogP contribution in [0.1, 0.15) is 43.9 Å². The normalized spacial score (nSPS) is 18.8. The van der Waals surface area contributed by atoms with Crippen LogP contribution in [0.3, 0.4) is 0 Å². The van der Waals surface area contributed by atoms with Crippen LogP contribution in [-0.4, -0.2) is 36.9 Å². The lowest BCUT2D eigenvalue weighted by molar-refractivity contribution is -0.136. The molecule has 0 bridgehead atoms. The first-order valence-electron chi connectivity index (χ1n) is 7.53. The van der Waals surface area contributed by atoms with Gasteiger partial charge in [0.1, 0.15) is 6.04 Å². The van der Waals surface area contributed by atoms with Crippen molar-refractivity contribution in [3.8, 4) is 0 Å². The van der Waals surface area contributed by atoms with Crippen LogP contribution in [0.4, 0.5) is 0 Å². The largest absolute Gasteiger partial charge is 0.347 e. The number of hydrogen-bond acceptors (Lipinski definition) is 3. The summed E-state index contributed by atoms with van der Waals surface area (Å²) in [6.45, 7) is 1.76. The zero-order valence-electron chi connectivity index (χ0n) is 13.0. The van der Waals surface area contributed by atoms with Gasteiger partial charge in [0.2, 0.25) is 11.8 Å². The van der Waals surface area contributed by atoms with Gasteiger partial charge in [-0.15, -0.1) is 11.3 Å². The Kier molecular flexibility index (Phi) is 5.04. The van der Waals surface area contributed by atoms with Gasteiger partial charge in [-0.1, -0.05) is 25.3 Å². The minimum Gasteiger partial charge on any atom is -0.347 e. The van der Waals surface area contributed by atoms with Crippen LogP contribution in [-0.2, 0) is 15.0 Å². The second kappa shape index (κ2) is 6.60. The highest BCUT2D eigenvalue weighted by Gasteiger charge is 2.42. The second-order valence-corrected chi connectivity index (χ2v) is 7.00. The Morgan fingerprint density at radius 3 is 2.48 bits per heavy atom. The third-order valence-electron chi connectivity index (χ3n) is 4.29. The Balaban J connectivity index is 2.18. The van der Waals surface area contributed by atoms with E-state index in [1.807, 2.05) is 17.5 Å². The number of hydrogen-bond donors (Lipinski definition) is 1. The molecule has 1 N–H and O–H groups in total. The lowest BCUT2D eigenvalue weighted by Gasteiger charge is -2.36. The van der Waals surface area contributed by atoms with Crippen molar-refractivity contribution in [2.45, 2.75) is 50.5 Å². The van der Waals surface area contributed by atoms with Crippen molar-refractivity contribution in [1.82, 2.24) is 10.2 Å². The van der Waals surface area contributed by atoms with Gasteiger partial charge in [-0.05, 0) is 31.2 Å². The summed E-state index contributed by atoms with van der Waals surface area (Å²) >= 11 is 1.64. The molecule has 1 heterocycles. The molecule has 0 spiro atoms. The molecular weight excluding hydrogens is 284 g/mol. The highest BCUT2D eigenvalue weighted by atomic mass is 32.1. The van der Waals surface area contributed by atoms with Crippen LogP contribution in [0.5, 0.6) is 0 Å². The smallest absolute Gasteiger partial charge is 0.244 e. The Hall–Kier alpha value is -1.36. The number of nitrogens with zero attached hydrogens (tertiary/aromatic N) is 1. The highest BCUT2D eigenvalue weighted by Crippen LogP contribution is 2.41. The third-order valence-corrected chi connectivity index (χ3v) is 5.37. The number of rotatable bonds is 4. The predicted octanol–water partition coefficient (Wildman–Crippen LogP) is 2.54. The molecule has 21 heavy (non-hydrogen) atoms. The summed E-state index contributed by atoms with van der Waals surface area (Å²) in [4.78, 5) is 27.5. The Labute approximate surface area is 130 Å². The van der Waals surface area contributed by atoms with E-state index < -0.39 is 11.5 Å². The number of nitrogens with one attached hydrogen (secondary N) is 1. The van der Waals surface area contributed by atoms with Crippen molar-refractivity contribution in [1.29, 1.82) is 0 Å².